The van der Waals surface area contributed by atoms with Gasteiger partial charge in [0.25, 0.3) is 0 Å². The average Bonchev–Trinajstić information content (AvgIpc) is 2.99. The molecule has 1 N–H and O–H groups in total. The van der Waals surface area contributed by atoms with Gasteiger partial charge in [0.05, 0.1) is 22.3 Å². The van der Waals surface area contributed by atoms with Gasteiger partial charge in [-0.3, -0.25) is 9.69 Å². The number of hydrogen-bond donors (Lipinski definition) is 1. The molecule has 1 aromatic heterocycles. The van der Waals surface area contributed by atoms with Crippen LogP contribution >= 0.6 is 11.6 Å². The van der Waals surface area contributed by atoms with E-state index in [-0.39, 0.29) is 11.3 Å². The Hall–Kier alpha value is -1.85. The monoisotopic (exact) mass is 375 g/mol. The summed E-state index contributed by atoms with van der Waals surface area (Å²) in [5.41, 5.74) is 3.01. The van der Waals surface area contributed by atoms with Gasteiger partial charge in [-0.1, -0.05) is 44.5 Å². The van der Waals surface area contributed by atoms with Gasteiger partial charge in [-0.05, 0) is 38.1 Å². The lowest BCUT2D eigenvalue weighted by Crippen LogP contribution is -2.36. The van der Waals surface area contributed by atoms with Gasteiger partial charge in [0.2, 0.25) is 0 Å². The van der Waals surface area contributed by atoms with Gasteiger partial charge in [0.15, 0.2) is 0 Å². The lowest BCUT2D eigenvalue weighted by molar-refractivity contribution is -0.143. The van der Waals surface area contributed by atoms with E-state index in [1.54, 1.807) is 0 Å². The summed E-state index contributed by atoms with van der Waals surface area (Å²) >= 11 is 6.35. The molecule has 1 aliphatic heterocycles. The van der Waals surface area contributed by atoms with Crippen LogP contribution in [0.1, 0.15) is 44.9 Å². The minimum absolute atomic E-state index is 0.0821. The first-order chi connectivity index (χ1) is 12.3. The van der Waals surface area contributed by atoms with E-state index in [0.29, 0.717) is 17.9 Å². The number of benzene rings is 1. The number of carbonyl (C=O) groups is 1. The number of para-hydroxylation sites is 1. The lowest BCUT2D eigenvalue weighted by Gasteiger charge is -2.30. The summed E-state index contributed by atoms with van der Waals surface area (Å²) in [6, 6.07) is 7.69. The van der Waals surface area contributed by atoms with Crippen molar-refractivity contribution in [2.24, 2.45) is 5.92 Å². The molecule has 0 unspecified atom stereocenters. The number of carboxylic acid groups (broad SMARTS) is 1. The number of piperidine rings is 1. The maximum absolute atomic E-state index is 11.2. The van der Waals surface area contributed by atoms with Crippen LogP contribution in [-0.4, -0.2) is 38.8 Å². The zero-order valence-electron chi connectivity index (χ0n) is 15.6. The topological polar surface area (TPSA) is 58.4 Å². The summed E-state index contributed by atoms with van der Waals surface area (Å²) in [4.78, 5) is 13.5. The third kappa shape index (κ3) is 4.10. The maximum Gasteiger partial charge on any atom is 0.306 e. The van der Waals surface area contributed by atoms with E-state index in [4.69, 9.17) is 16.7 Å². The number of aliphatic carboxylic acids is 1. The fraction of sp³-hybridized carbons (Fsp3) is 0.500. The second-order valence-corrected chi connectivity index (χ2v) is 8.44. The summed E-state index contributed by atoms with van der Waals surface area (Å²) in [6.07, 6.45) is 3.47. The number of aromatic nitrogens is 2. The van der Waals surface area contributed by atoms with Crippen LogP contribution in [0.4, 0.5) is 0 Å². The fourth-order valence-electron chi connectivity index (χ4n) is 3.50. The average molecular weight is 376 g/mol. The van der Waals surface area contributed by atoms with Crippen LogP contribution < -0.4 is 0 Å². The molecule has 0 atom stereocenters. The zero-order chi connectivity index (χ0) is 18.9. The van der Waals surface area contributed by atoms with E-state index in [9.17, 15) is 9.90 Å². The summed E-state index contributed by atoms with van der Waals surface area (Å²) in [5.74, 6) is -0.884. The lowest BCUT2D eigenvalue weighted by atomic mass is 9.89. The van der Waals surface area contributed by atoms with E-state index in [0.717, 1.165) is 31.0 Å². The Balaban J connectivity index is 1.85. The molecular formula is C20H26ClN3O2. The van der Waals surface area contributed by atoms with E-state index < -0.39 is 5.97 Å². The van der Waals surface area contributed by atoms with Crippen LogP contribution in [0.3, 0.4) is 0 Å². The smallest absolute Gasteiger partial charge is 0.306 e. The van der Waals surface area contributed by atoms with Crippen LogP contribution in [0.5, 0.6) is 0 Å². The Morgan fingerprint density at radius 3 is 2.50 bits per heavy atom. The van der Waals surface area contributed by atoms with Crippen LogP contribution in [0, 0.1) is 5.92 Å². The predicted octanol–water partition coefficient (Wildman–Crippen LogP) is 4.12. The molecule has 6 heteroatoms. The van der Waals surface area contributed by atoms with Gasteiger partial charge in [0, 0.05) is 23.7 Å². The zero-order valence-corrected chi connectivity index (χ0v) is 16.3. The van der Waals surface area contributed by atoms with Gasteiger partial charge in [-0.15, -0.1) is 0 Å². The normalized spacial score (nSPS) is 16.8. The molecular weight excluding hydrogens is 350 g/mol. The molecule has 0 amide bonds. The van der Waals surface area contributed by atoms with Crippen molar-refractivity contribution >= 4 is 17.6 Å². The Morgan fingerprint density at radius 1 is 1.27 bits per heavy atom. The van der Waals surface area contributed by atoms with Crippen LogP contribution in [-0.2, 0) is 16.8 Å². The third-order valence-corrected chi connectivity index (χ3v) is 5.25. The molecule has 1 aromatic carbocycles. The molecule has 5 nitrogen and oxygen atoms in total. The molecule has 26 heavy (non-hydrogen) atoms. The minimum Gasteiger partial charge on any atom is -0.481 e. The molecule has 0 radical (unpaired) electrons. The van der Waals surface area contributed by atoms with Crippen molar-refractivity contribution in [1.82, 2.24) is 14.7 Å². The van der Waals surface area contributed by atoms with E-state index in [2.05, 4.69) is 31.9 Å². The van der Waals surface area contributed by atoms with Crippen molar-refractivity contribution in [3.05, 3.63) is 46.7 Å². The van der Waals surface area contributed by atoms with Gasteiger partial charge >= 0.3 is 5.97 Å². The first kappa shape index (κ1) is 18.9. The molecule has 3 rings (SSSR count). The molecule has 1 aliphatic rings. The fourth-order valence-corrected chi connectivity index (χ4v) is 3.72. The molecule has 1 saturated heterocycles. The SMILES string of the molecule is CC(C)(C)c1nn(-c2ccccc2Cl)cc1CN1CCC(C(=O)O)CC1. The highest BCUT2D eigenvalue weighted by Gasteiger charge is 2.28. The molecule has 2 heterocycles. The Bertz CT molecular complexity index is 787. The number of halogens is 1. The van der Waals surface area contributed by atoms with E-state index in [1.807, 2.05) is 28.9 Å². The van der Waals surface area contributed by atoms with Crippen molar-refractivity contribution in [2.75, 3.05) is 13.1 Å². The highest BCUT2D eigenvalue weighted by Crippen LogP contribution is 2.29. The molecule has 0 bridgehead atoms. The van der Waals surface area contributed by atoms with E-state index in [1.165, 1.54) is 5.56 Å². The van der Waals surface area contributed by atoms with E-state index >= 15 is 0 Å². The Labute approximate surface area is 159 Å². The Morgan fingerprint density at radius 2 is 1.92 bits per heavy atom. The third-order valence-electron chi connectivity index (χ3n) is 4.93. The number of carboxylic acids is 1. The molecule has 140 valence electrons. The Kier molecular flexibility index (Phi) is 5.39. The van der Waals surface area contributed by atoms with Crippen molar-refractivity contribution in [3.8, 4) is 5.69 Å². The van der Waals surface area contributed by atoms with Gasteiger partial charge in [-0.2, -0.15) is 5.10 Å². The first-order valence-electron chi connectivity index (χ1n) is 9.05. The van der Waals surface area contributed by atoms with Gasteiger partial charge in [0.1, 0.15) is 0 Å². The van der Waals surface area contributed by atoms with Crippen molar-refractivity contribution in [1.29, 1.82) is 0 Å². The van der Waals surface area contributed by atoms with Crippen LogP contribution in [0.15, 0.2) is 30.5 Å². The molecule has 0 saturated carbocycles. The quantitative estimate of drug-likeness (QED) is 0.873. The summed E-state index contributed by atoms with van der Waals surface area (Å²) < 4.78 is 1.86. The second-order valence-electron chi connectivity index (χ2n) is 8.04. The number of hydrogen-bond acceptors (Lipinski definition) is 3. The van der Waals surface area contributed by atoms with Gasteiger partial charge in [-0.25, -0.2) is 4.68 Å². The largest absolute Gasteiger partial charge is 0.481 e. The van der Waals surface area contributed by atoms with Crippen molar-refractivity contribution in [3.63, 3.8) is 0 Å². The van der Waals surface area contributed by atoms with Crippen molar-refractivity contribution in [2.45, 2.75) is 45.6 Å². The summed E-state index contributed by atoms with van der Waals surface area (Å²) in [7, 11) is 0. The molecule has 2 aromatic rings. The van der Waals surface area contributed by atoms with Crippen molar-refractivity contribution < 1.29 is 9.90 Å². The molecule has 1 fully saturated rings. The highest BCUT2D eigenvalue weighted by atomic mass is 35.5. The standard InChI is InChI=1S/C20H26ClN3O2/c1-20(2,3)18-15(12-23-10-8-14(9-11-23)19(25)26)13-24(22-18)17-7-5-4-6-16(17)21/h4-7,13-14H,8-12H2,1-3H3,(H,25,26). The summed E-state index contributed by atoms with van der Waals surface area (Å²) in [5, 5.41) is 14.7. The number of nitrogens with zero attached hydrogens (tertiary/aromatic N) is 3. The predicted molar refractivity (Wildman–Crippen MR) is 103 cm³/mol. The summed E-state index contributed by atoms with van der Waals surface area (Å²) in [6.45, 7) is 8.87. The first-order valence-corrected chi connectivity index (χ1v) is 9.42. The highest BCUT2D eigenvalue weighted by molar-refractivity contribution is 6.32. The van der Waals surface area contributed by atoms with Crippen LogP contribution in [0.2, 0.25) is 5.02 Å². The molecule has 0 spiro atoms. The number of rotatable bonds is 4. The number of likely N-dealkylation sites (tertiary alicyclic amines) is 1. The second kappa shape index (κ2) is 7.41. The molecule has 0 aliphatic carbocycles. The van der Waals surface area contributed by atoms with Gasteiger partial charge < -0.3 is 5.11 Å². The maximum atomic E-state index is 11.2. The van der Waals surface area contributed by atoms with Crippen LogP contribution in [0.25, 0.3) is 5.69 Å². The minimum atomic E-state index is -0.674.